The van der Waals surface area contributed by atoms with E-state index >= 15 is 0 Å². The molecule has 0 amide bonds. The Morgan fingerprint density at radius 3 is 2.25 bits per heavy atom. The van der Waals surface area contributed by atoms with E-state index in [1.54, 1.807) is 30.3 Å². The summed E-state index contributed by atoms with van der Waals surface area (Å²) in [7, 11) is 1.35. The van der Waals surface area contributed by atoms with Crippen LogP contribution in [0.3, 0.4) is 0 Å². The minimum atomic E-state index is -0.690. The molecule has 3 aromatic carbocycles. The van der Waals surface area contributed by atoms with Crippen LogP contribution in [0.5, 0.6) is 5.75 Å². The Balaban J connectivity index is 1.34. The van der Waals surface area contributed by atoms with Crippen LogP contribution in [-0.4, -0.2) is 49.9 Å². The second-order valence-electron chi connectivity index (χ2n) is 10.1. The fourth-order valence-corrected chi connectivity index (χ4v) is 4.86. The van der Waals surface area contributed by atoms with Gasteiger partial charge in [0, 0.05) is 35.7 Å². The van der Waals surface area contributed by atoms with Gasteiger partial charge in [-0.3, -0.25) is 9.59 Å². The van der Waals surface area contributed by atoms with E-state index in [1.165, 1.54) is 7.11 Å². The zero-order valence-electron chi connectivity index (χ0n) is 23.2. The fraction of sp³-hybridized carbons (Fsp3) is 0.364. The van der Waals surface area contributed by atoms with Crippen LogP contribution >= 0.6 is 0 Å². The van der Waals surface area contributed by atoms with Gasteiger partial charge in [0.2, 0.25) is 0 Å². The second kappa shape index (κ2) is 14.4. The third-order valence-corrected chi connectivity index (χ3v) is 7.41. The minimum absolute atomic E-state index is 0.104. The molecular weight excluding hydrogens is 504 g/mol. The van der Waals surface area contributed by atoms with E-state index in [1.807, 2.05) is 55.5 Å². The zero-order valence-corrected chi connectivity index (χ0v) is 23.2. The Kier molecular flexibility index (Phi) is 10.5. The maximum atomic E-state index is 13.1. The molecule has 1 aliphatic rings. The molecule has 40 heavy (non-hydrogen) atoms. The lowest BCUT2D eigenvalue weighted by atomic mass is 9.79. The number of methoxy groups -OCH3 is 1. The summed E-state index contributed by atoms with van der Waals surface area (Å²) in [5.74, 6) is 0.729. The van der Waals surface area contributed by atoms with Crippen LogP contribution in [0.15, 0.2) is 78.9 Å². The van der Waals surface area contributed by atoms with E-state index in [0.717, 1.165) is 31.2 Å². The van der Waals surface area contributed by atoms with Crippen molar-refractivity contribution in [1.82, 2.24) is 5.32 Å². The van der Waals surface area contributed by atoms with Gasteiger partial charge in [-0.15, -0.1) is 0 Å². The van der Waals surface area contributed by atoms with E-state index in [2.05, 4.69) is 10.6 Å². The molecule has 4 rings (SSSR count). The average Bonchev–Trinajstić information content (AvgIpc) is 2.96. The summed E-state index contributed by atoms with van der Waals surface area (Å²) in [6, 6.07) is 23.0. The Hall–Kier alpha value is -3.97. The number of benzene rings is 3. The summed E-state index contributed by atoms with van der Waals surface area (Å²) in [6.45, 7) is 3.07. The highest BCUT2D eigenvalue weighted by Crippen LogP contribution is 2.28. The number of carbonyl (C=O) groups excluding carboxylic acids is 3. The molecule has 2 atom stereocenters. The number of Topliss-reactive ketones (excluding diaryl/α,β-unsaturated/α-hetero) is 1. The summed E-state index contributed by atoms with van der Waals surface area (Å²) in [5.41, 5.74) is 2.55. The summed E-state index contributed by atoms with van der Waals surface area (Å²) >= 11 is 0. The van der Waals surface area contributed by atoms with E-state index in [0.29, 0.717) is 47.9 Å². The van der Waals surface area contributed by atoms with Crippen molar-refractivity contribution >= 4 is 23.2 Å². The lowest BCUT2D eigenvalue weighted by molar-refractivity contribution is -0.141. The van der Waals surface area contributed by atoms with Crippen molar-refractivity contribution in [2.75, 3.05) is 25.6 Å². The van der Waals surface area contributed by atoms with Crippen LogP contribution in [0.25, 0.3) is 0 Å². The number of anilines is 1. The smallest absolute Gasteiger partial charge is 0.328 e. The Bertz CT molecular complexity index is 1270. The number of hydrogen-bond acceptors (Lipinski definition) is 7. The molecule has 3 aromatic rings. The Morgan fingerprint density at radius 1 is 0.900 bits per heavy atom. The number of carbonyl (C=O) groups is 3. The average molecular weight is 543 g/mol. The normalized spacial score (nSPS) is 14.4. The first-order chi connectivity index (χ1) is 19.5. The second-order valence-corrected chi connectivity index (χ2v) is 10.1. The SMILES string of the molecule is CCC(NCCOc1ccc(CC(Nc2ccccc2C(=O)c2ccccc2)C(=O)OC)cc1)C(=O)C1CCC1. The molecule has 0 radical (unpaired) electrons. The van der Waals surface area contributed by atoms with E-state index < -0.39 is 12.0 Å². The molecule has 2 unspecified atom stereocenters. The maximum absolute atomic E-state index is 13.1. The molecule has 0 aliphatic heterocycles. The first-order valence-corrected chi connectivity index (χ1v) is 14.0. The van der Waals surface area contributed by atoms with Crippen molar-refractivity contribution in [3.05, 3.63) is 95.6 Å². The molecule has 7 heteroatoms. The molecule has 0 bridgehead atoms. The van der Waals surface area contributed by atoms with Gasteiger partial charge in [-0.2, -0.15) is 0 Å². The standard InChI is InChI=1S/C33H38N2O5/c1-3-28(32(37)25-12-9-13-25)34-20-21-40-26-18-16-23(17-19-26)22-30(33(38)39-2)35-29-15-8-7-14-27(29)31(36)24-10-5-4-6-11-24/h4-8,10-11,14-19,25,28,30,34-35H,3,9,12-13,20-22H2,1-2H3. The molecule has 1 aliphatic carbocycles. The van der Waals surface area contributed by atoms with Crippen LogP contribution in [0.1, 0.15) is 54.1 Å². The van der Waals surface area contributed by atoms with Gasteiger partial charge in [0.25, 0.3) is 0 Å². The van der Waals surface area contributed by atoms with Crippen molar-refractivity contribution in [3.63, 3.8) is 0 Å². The van der Waals surface area contributed by atoms with Crippen LogP contribution < -0.4 is 15.4 Å². The Morgan fingerprint density at radius 2 is 1.60 bits per heavy atom. The summed E-state index contributed by atoms with van der Waals surface area (Å²) in [5, 5.41) is 6.57. The predicted molar refractivity (Wildman–Crippen MR) is 156 cm³/mol. The number of esters is 1. The molecule has 2 N–H and O–H groups in total. The number of ether oxygens (including phenoxy) is 2. The number of nitrogens with one attached hydrogen (secondary N) is 2. The summed E-state index contributed by atoms with van der Waals surface area (Å²) < 4.78 is 10.9. The van der Waals surface area contributed by atoms with Gasteiger partial charge in [-0.05, 0) is 49.1 Å². The number of rotatable bonds is 15. The molecule has 1 saturated carbocycles. The zero-order chi connectivity index (χ0) is 28.3. The topological polar surface area (TPSA) is 93.7 Å². The van der Waals surface area contributed by atoms with Gasteiger partial charge >= 0.3 is 5.97 Å². The van der Waals surface area contributed by atoms with Gasteiger partial charge in [0.05, 0.1) is 13.2 Å². The lowest BCUT2D eigenvalue weighted by Crippen LogP contribution is -2.43. The van der Waals surface area contributed by atoms with E-state index in [9.17, 15) is 14.4 Å². The van der Waals surface area contributed by atoms with Crippen molar-refractivity contribution in [2.45, 2.75) is 51.1 Å². The van der Waals surface area contributed by atoms with Gasteiger partial charge in [-0.1, -0.05) is 67.9 Å². The van der Waals surface area contributed by atoms with Crippen LogP contribution in [0.2, 0.25) is 0 Å². The van der Waals surface area contributed by atoms with Gasteiger partial charge < -0.3 is 20.1 Å². The fourth-order valence-electron chi connectivity index (χ4n) is 4.86. The highest BCUT2D eigenvalue weighted by atomic mass is 16.5. The number of para-hydroxylation sites is 1. The van der Waals surface area contributed by atoms with Crippen LogP contribution in [0, 0.1) is 5.92 Å². The monoisotopic (exact) mass is 542 g/mol. The highest BCUT2D eigenvalue weighted by molar-refractivity contribution is 6.12. The Labute approximate surface area is 236 Å². The summed E-state index contributed by atoms with van der Waals surface area (Å²) in [6.07, 6.45) is 4.34. The predicted octanol–water partition coefficient (Wildman–Crippen LogP) is 5.23. The molecule has 0 aromatic heterocycles. The van der Waals surface area contributed by atoms with E-state index in [4.69, 9.17) is 9.47 Å². The lowest BCUT2D eigenvalue weighted by Gasteiger charge is -2.28. The number of ketones is 2. The highest BCUT2D eigenvalue weighted by Gasteiger charge is 2.30. The van der Waals surface area contributed by atoms with Gasteiger partial charge in [0.1, 0.15) is 18.4 Å². The van der Waals surface area contributed by atoms with Crippen LogP contribution in [-0.2, 0) is 20.7 Å². The minimum Gasteiger partial charge on any atom is -0.492 e. The summed E-state index contributed by atoms with van der Waals surface area (Å²) in [4.78, 5) is 38.3. The van der Waals surface area contributed by atoms with Crippen molar-refractivity contribution in [3.8, 4) is 5.75 Å². The largest absolute Gasteiger partial charge is 0.492 e. The van der Waals surface area contributed by atoms with Gasteiger partial charge in [-0.25, -0.2) is 4.79 Å². The molecule has 0 saturated heterocycles. The van der Waals surface area contributed by atoms with Gasteiger partial charge in [0.15, 0.2) is 11.6 Å². The third kappa shape index (κ3) is 7.57. The number of hydrogen-bond donors (Lipinski definition) is 2. The molecule has 0 heterocycles. The van der Waals surface area contributed by atoms with E-state index in [-0.39, 0.29) is 17.7 Å². The van der Waals surface area contributed by atoms with Crippen molar-refractivity contribution < 1.29 is 23.9 Å². The quantitative estimate of drug-likeness (QED) is 0.154. The maximum Gasteiger partial charge on any atom is 0.328 e. The molecule has 7 nitrogen and oxygen atoms in total. The first-order valence-electron chi connectivity index (χ1n) is 14.0. The molecular formula is C33H38N2O5. The molecule has 0 spiro atoms. The van der Waals surface area contributed by atoms with Crippen molar-refractivity contribution in [2.24, 2.45) is 5.92 Å². The molecule has 210 valence electrons. The van der Waals surface area contributed by atoms with Crippen LogP contribution in [0.4, 0.5) is 5.69 Å². The third-order valence-electron chi connectivity index (χ3n) is 7.41. The molecule has 1 fully saturated rings. The van der Waals surface area contributed by atoms with Crippen molar-refractivity contribution in [1.29, 1.82) is 0 Å². The first kappa shape index (κ1) is 29.0.